The average molecular weight is 376 g/mol. The third-order valence-electron chi connectivity index (χ3n) is 4.20. The Bertz CT molecular complexity index is 900. The van der Waals surface area contributed by atoms with Crippen LogP contribution in [0.5, 0.6) is 0 Å². The van der Waals surface area contributed by atoms with Crippen molar-refractivity contribution in [3.05, 3.63) is 47.0 Å². The second-order valence-corrected chi connectivity index (χ2v) is 7.62. The Balaban J connectivity index is 1.93. The number of carbonyl (C=O) groups excluding carboxylic acids is 2. The van der Waals surface area contributed by atoms with E-state index in [1.165, 1.54) is 0 Å². The monoisotopic (exact) mass is 376 g/mol. The Morgan fingerprint density at radius 1 is 1.15 bits per heavy atom. The molecule has 0 saturated carbocycles. The molecule has 27 heavy (non-hydrogen) atoms. The van der Waals surface area contributed by atoms with Crippen molar-refractivity contribution in [2.45, 2.75) is 52.1 Å². The van der Waals surface area contributed by atoms with Crippen LogP contribution in [0.2, 0.25) is 0 Å². The molecular weight excluding hydrogens is 354 g/mol. The third kappa shape index (κ3) is 4.15. The lowest BCUT2D eigenvalue weighted by Crippen LogP contribution is -2.41. The minimum absolute atomic E-state index is 0.0486. The van der Waals surface area contributed by atoms with Crippen molar-refractivity contribution in [1.29, 1.82) is 0 Å². The number of benzene rings is 1. The minimum atomic E-state index is -0.875. The van der Waals surface area contributed by atoms with Crippen LogP contribution in [-0.2, 0) is 13.0 Å². The van der Waals surface area contributed by atoms with Gasteiger partial charge in [-0.2, -0.15) is 0 Å². The lowest BCUT2D eigenvalue weighted by atomic mass is 10.1. The summed E-state index contributed by atoms with van der Waals surface area (Å²) < 4.78 is 28.6. The maximum atomic E-state index is 13.8. The fourth-order valence-corrected chi connectivity index (χ4v) is 3.07. The summed E-state index contributed by atoms with van der Waals surface area (Å²) in [5, 5.41) is 5.26. The van der Waals surface area contributed by atoms with E-state index in [9.17, 15) is 18.4 Å². The van der Waals surface area contributed by atoms with Crippen LogP contribution in [-0.4, -0.2) is 26.9 Å². The number of hydrogen-bond donors (Lipinski definition) is 2. The maximum absolute atomic E-state index is 13.8. The molecular formula is C19H22F2N4O2. The van der Waals surface area contributed by atoms with E-state index in [0.717, 1.165) is 25.0 Å². The molecule has 0 atom stereocenters. The zero-order valence-electron chi connectivity index (χ0n) is 15.5. The van der Waals surface area contributed by atoms with Gasteiger partial charge < -0.3 is 15.2 Å². The van der Waals surface area contributed by atoms with Crippen molar-refractivity contribution >= 4 is 17.5 Å². The number of fused-ring (bicyclic) bond motifs is 1. The van der Waals surface area contributed by atoms with E-state index in [1.54, 1.807) is 4.57 Å². The summed E-state index contributed by atoms with van der Waals surface area (Å²) in [4.78, 5) is 29.5. The largest absolute Gasteiger partial charge is 0.346 e. The van der Waals surface area contributed by atoms with Gasteiger partial charge in [0.05, 0.1) is 11.4 Å². The van der Waals surface area contributed by atoms with Gasteiger partial charge in [-0.3, -0.25) is 9.59 Å². The van der Waals surface area contributed by atoms with Crippen LogP contribution in [0.1, 0.15) is 60.4 Å². The summed E-state index contributed by atoms with van der Waals surface area (Å²) in [5.41, 5.74) is 0.333. The zero-order valence-corrected chi connectivity index (χ0v) is 15.5. The van der Waals surface area contributed by atoms with Crippen LogP contribution in [0.15, 0.2) is 18.2 Å². The first-order chi connectivity index (χ1) is 12.7. The highest BCUT2D eigenvalue weighted by molar-refractivity contribution is 6.03. The predicted molar refractivity (Wildman–Crippen MR) is 96.7 cm³/mol. The highest BCUT2D eigenvalue weighted by Crippen LogP contribution is 2.23. The third-order valence-corrected chi connectivity index (χ3v) is 4.20. The lowest BCUT2D eigenvalue weighted by Gasteiger charge is -2.21. The molecule has 6 nitrogen and oxygen atoms in total. The van der Waals surface area contributed by atoms with Gasteiger partial charge in [0.1, 0.15) is 17.3 Å². The van der Waals surface area contributed by atoms with Crippen LogP contribution < -0.4 is 10.6 Å². The van der Waals surface area contributed by atoms with Gasteiger partial charge in [-0.25, -0.2) is 13.8 Å². The van der Waals surface area contributed by atoms with Crippen LogP contribution in [0.3, 0.4) is 0 Å². The molecule has 1 aromatic carbocycles. The summed E-state index contributed by atoms with van der Waals surface area (Å²) in [6.07, 6.45) is 2.39. The average Bonchev–Trinajstić information content (AvgIpc) is 2.96. The molecule has 2 aromatic rings. The number of hydrogen-bond acceptors (Lipinski definition) is 3. The first-order valence-electron chi connectivity index (χ1n) is 8.84. The molecule has 2 amide bonds. The van der Waals surface area contributed by atoms with E-state index in [1.807, 2.05) is 20.8 Å². The van der Waals surface area contributed by atoms with E-state index in [4.69, 9.17) is 0 Å². The van der Waals surface area contributed by atoms with Gasteiger partial charge in [-0.05, 0) is 52.2 Å². The second kappa shape index (κ2) is 7.09. The highest BCUT2D eigenvalue weighted by atomic mass is 19.1. The van der Waals surface area contributed by atoms with Crippen LogP contribution in [0.25, 0.3) is 0 Å². The van der Waals surface area contributed by atoms with Crippen molar-refractivity contribution in [3.8, 4) is 0 Å². The number of nitrogens with zero attached hydrogens (tertiary/aromatic N) is 2. The number of carbonyl (C=O) groups is 2. The summed E-state index contributed by atoms with van der Waals surface area (Å²) in [7, 11) is 0. The van der Waals surface area contributed by atoms with Gasteiger partial charge in [0, 0.05) is 18.2 Å². The molecule has 2 heterocycles. The number of anilines is 1. The van der Waals surface area contributed by atoms with Crippen molar-refractivity contribution in [3.63, 3.8) is 0 Å². The Morgan fingerprint density at radius 3 is 2.56 bits per heavy atom. The van der Waals surface area contributed by atoms with Gasteiger partial charge in [0.15, 0.2) is 5.82 Å². The van der Waals surface area contributed by atoms with Gasteiger partial charge in [-0.1, -0.05) is 0 Å². The first-order valence-corrected chi connectivity index (χ1v) is 8.84. The zero-order chi connectivity index (χ0) is 19.8. The van der Waals surface area contributed by atoms with Crippen LogP contribution >= 0.6 is 0 Å². The molecule has 144 valence electrons. The molecule has 1 aromatic heterocycles. The van der Waals surface area contributed by atoms with Crippen molar-refractivity contribution in [1.82, 2.24) is 14.9 Å². The molecule has 0 aliphatic carbocycles. The molecule has 8 heteroatoms. The molecule has 0 bridgehead atoms. The summed E-state index contributed by atoms with van der Waals surface area (Å²) in [6, 6.07) is 2.90. The Labute approximate surface area is 156 Å². The van der Waals surface area contributed by atoms with E-state index < -0.39 is 23.1 Å². The minimum Gasteiger partial charge on any atom is -0.346 e. The van der Waals surface area contributed by atoms with Gasteiger partial charge in [0.2, 0.25) is 0 Å². The fourth-order valence-electron chi connectivity index (χ4n) is 3.07. The van der Waals surface area contributed by atoms with E-state index in [0.29, 0.717) is 24.7 Å². The fraction of sp³-hybridized carbons (Fsp3) is 0.421. The Kier molecular flexibility index (Phi) is 4.99. The Hall–Kier alpha value is -2.77. The molecule has 0 spiro atoms. The molecule has 0 unspecified atom stereocenters. The first kappa shape index (κ1) is 19.0. The number of imidazole rings is 1. The molecule has 0 saturated heterocycles. The van der Waals surface area contributed by atoms with Crippen molar-refractivity contribution < 1.29 is 18.4 Å². The molecule has 1 aliphatic heterocycles. The smallest absolute Gasteiger partial charge is 0.291 e. The van der Waals surface area contributed by atoms with Crippen molar-refractivity contribution in [2.75, 3.05) is 5.32 Å². The molecule has 0 fully saturated rings. The van der Waals surface area contributed by atoms with Crippen molar-refractivity contribution in [2.24, 2.45) is 0 Å². The summed E-state index contributed by atoms with van der Waals surface area (Å²) >= 11 is 0. The standard InChI is InChI=1S/C19H22F2N4O2/c1-19(2,3)24-17(26)15-14-6-4-5-9-25(14)16(23-15)18(27)22-13-8-7-11(20)10-12(13)21/h7-8,10H,4-6,9H2,1-3H3,(H,22,27)(H,24,26). The van der Waals surface area contributed by atoms with E-state index in [2.05, 4.69) is 15.6 Å². The Morgan fingerprint density at radius 2 is 1.89 bits per heavy atom. The topological polar surface area (TPSA) is 76.0 Å². The molecule has 3 rings (SSSR count). The van der Waals surface area contributed by atoms with E-state index >= 15 is 0 Å². The highest BCUT2D eigenvalue weighted by Gasteiger charge is 2.29. The number of nitrogens with one attached hydrogen (secondary N) is 2. The SMILES string of the molecule is CC(C)(C)NC(=O)c1nc(C(=O)Nc2ccc(F)cc2F)n2c1CCCC2. The molecule has 1 aliphatic rings. The summed E-state index contributed by atoms with van der Waals surface area (Å²) in [6.45, 7) is 6.13. The number of aromatic nitrogens is 2. The van der Waals surface area contributed by atoms with Crippen LogP contribution in [0.4, 0.5) is 14.5 Å². The quantitative estimate of drug-likeness (QED) is 0.863. The number of halogens is 2. The number of amides is 2. The van der Waals surface area contributed by atoms with Gasteiger partial charge in [-0.15, -0.1) is 0 Å². The molecule has 0 radical (unpaired) electrons. The molecule has 2 N–H and O–H groups in total. The second-order valence-electron chi connectivity index (χ2n) is 7.62. The van der Waals surface area contributed by atoms with Gasteiger partial charge in [0.25, 0.3) is 11.8 Å². The van der Waals surface area contributed by atoms with E-state index in [-0.39, 0.29) is 23.1 Å². The predicted octanol–water partition coefficient (Wildman–Crippen LogP) is 3.28. The lowest BCUT2D eigenvalue weighted by molar-refractivity contribution is 0.0913. The number of rotatable bonds is 3. The maximum Gasteiger partial charge on any atom is 0.291 e. The van der Waals surface area contributed by atoms with Gasteiger partial charge >= 0.3 is 0 Å². The van der Waals surface area contributed by atoms with Crippen LogP contribution in [0, 0.1) is 11.6 Å². The summed E-state index contributed by atoms with van der Waals surface area (Å²) in [5.74, 6) is -2.55. The normalized spacial score (nSPS) is 13.8.